The van der Waals surface area contributed by atoms with Gasteiger partial charge in [0.25, 0.3) is 5.56 Å². The van der Waals surface area contributed by atoms with E-state index in [0.717, 1.165) is 5.52 Å². The van der Waals surface area contributed by atoms with Gasteiger partial charge in [-0.3, -0.25) is 13.8 Å². The van der Waals surface area contributed by atoms with Crippen molar-refractivity contribution >= 4 is 32.2 Å². The van der Waals surface area contributed by atoms with Gasteiger partial charge in [0.05, 0.1) is 22.3 Å². The van der Waals surface area contributed by atoms with Gasteiger partial charge in [-0.15, -0.1) is 10.2 Å². The Hall–Kier alpha value is -3.20. The summed E-state index contributed by atoms with van der Waals surface area (Å²) in [5.74, 6) is 1.10. The summed E-state index contributed by atoms with van der Waals surface area (Å²) >= 11 is 0. The number of hydrogen-bond acceptors (Lipinski definition) is 6. The van der Waals surface area contributed by atoms with Crippen LogP contribution < -0.4 is 10.9 Å². The van der Waals surface area contributed by atoms with Crippen LogP contribution in [0.2, 0.25) is 0 Å². The lowest BCUT2D eigenvalue weighted by Gasteiger charge is -2.11. The Labute approximate surface area is 161 Å². The predicted octanol–water partition coefficient (Wildman–Crippen LogP) is 2.08. The molecule has 4 aromatic rings. The first-order valence-corrected chi connectivity index (χ1v) is 10.7. The van der Waals surface area contributed by atoms with Gasteiger partial charge in [0.15, 0.2) is 15.7 Å². The molecule has 2 aromatic carbocycles. The van der Waals surface area contributed by atoms with Crippen molar-refractivity contribution in [2.45, 2.75) is 24.9 Å². The summed E-state index contributed by atoms with van der Waals surface area (Å²) in [6, 6.07) is 14.0. The van der Waals surface area contributed by atoms with Crippen molar-refractivity contribution in [3.63, 3.8) is 0 Å². The molecule has 0 saturated carbocycles. The number of aromatic nitrogens is 4. The van der Waals surface area contributed by atoms with E-state index in [2.05, 4.69) is 15.5 Å². The molecule has 0 aliphatic heterocycles. The van der Waals surface area contributed by atoms with Crippen molar-refractivity contribution in [3.8, 4) is 0 Å². The Morgan fingerprint density at radius 1 is 1.07 bits per heavy atom. The molecule has 0 amide bonds. The molecule has 0 aliphatic carbocycles. The second kappa shape index (κ2) is 6.75. The molecule has 4 rings (SSSR count). The normalized spacial score (nSPS) is 11.9. The van der Waals surface area contributed by atoms with Crippen molar-refractivity contribution in [2.24, 2.45) is 0 Å². The highest BCUT2D eigenvalue weighted by atomic mass is 32.2. The van der Waals surface area contributed by atoms with Gasteiger partial charge in [0.1, 0.15) is 0 Å². The maximum Gasteiger partial charge on any atom is 0.262 e. The molecule has 9 heteroatoms. The van der Waals surface area contributed by atoms with Gasteiger partial charge in [-0.05, 0) is 37.3 Å². The molecule has 28 heavy (non-hydrogen) atoms. The van der Waals surface area contributed by atoms with Crippen LogP contribution in [0, 0.1) is 0 Å². The molecular formula is C19H19N5O3S. The summed E-state index contributed by atoms with van der Waals surface area (Å²) < 4.78 is 27.0. The van der Waals surface area contributed by atoms with E-state index in [1.807, 2.05) is 29.5 Å². The van der Waals surface area contributed by atoms with Crippen LogP contribution in [-0.2, 0) is 22.9 Å². The average molecular weight is 397 g/mol. The third kappa shape index (κ3) is 3.03. The number of nitrogens with one attached hydrogen (secondary N) is 1. The molecule has 0 fully saturated rings. The number of para-hydroxylation sites is 1. The second-order valence-electron chi connectivity index (χ2n) is 6.47. The summed E-state index contributed by atoms with van der Waals surface area (Å²) in [6.07, 6.45) is 1.17. The van der Waals surface area contributed by atoms with Crippen LogP contribution in [0.3, 0.4) is 0 Å². The lowest BCUT2D eigenvalue weighted by Crippen LogP contribution is -2.22. The summed E-state index contributed by atoms with van der Waals surface area (Å²) in [6.45, 7) is 2.69. The summed E-state index contributed by atoms with van der Waals surface area (Å²) in [7, 11) is -3.29. The Morgan fingerprint density at radius 3 is 2.61 bits per heavy atom. The standard InChI is InChI=1S/C19H19N5O3S/c1-3-23-18(25)15-9-4-5-10-16(15)24-17(21-22-19(23)24)12-20-13-7-6-8-14(11-13)28(2,26)27/h4-11,20H,3,12H2,1-2H3. The van der Waals surface area contributed by atoms with E-state index in [1.165, 1.54) is 6.26 Å². The van der Waals surface area contributed by atoms with Crippen molar-refractivity contribution in [2.75, 3.05) is 11.6 Å². The Morgan fingerprint density at radius 2 is 1.86 bits per heavy atom. The zero-order valence-electron chi connectivity index (χ0n) is 15.5. The highest BCUT2D eigenvalue weighted by Gasteiger charge is 2.15. The average Bonchev–Trinajstić information content (AvgIpc) is 3.10. The molecule has 0 saturated heterocycles. The smallest absolute Gasteiger partial charge is 0.262 e. The van der Waals surface area contributed by atoms with E-state index in [0.29, 0.717) is 35.8 Å². The maximum absolute atomic E-state index is 12.7. The first kappa shape index (κ1) is 18.2. The van der Waals surface area contributed by atoms with Crippen LogP contribution in [0.1, 0.15) is 12.7 Å². The SMILES string of the molecule is CCn1c(=O)c2ccccc2n2c(CNc3cccc(S(C)(=O)=O)c3)nnc12. The minimum atomic E-state index is -3.29. The van der Waals surface area contributed by atoms with E-state index in [4.69, 9.17) is 0 Å². The fourth-order valence-corrected chi connectivity index (χ4v) is 3.90. The molecule has 1 N–H and O–H groups in total. The van der Waals surface area contributed by atoms with Crippen LogP contribution in [0.5, 0.6) is 0 Å². The Kier molecular flexibility index (Phi) is 4.38. The quantitative estimate of drug-likeness (QED) is 0.554. The van der Waals surface area contributed by atoms with E-state index >= 15 is 0 Å². The van der Waals surface area contributed by atoms with Crippen LogP contribution in [0.25, 0.3) is 16.7 Å². The first-order chi connectivity index (χ1) is 13.4. The molecule has 2 aromatic heterocycles. The summed E-state index contributed by atoms with van der Waals surface area (Å²) in [5, 5.41) is 12.3. The third-order valence-corrected chi connectivity index (χ3v) is 5.71. The lowest BCUT2D eigenvalue weighted by molar-refractivity contribution is 0.602. The summed E-state index contributed by atoms with van der Waals surface area (Å²) in [5.41, 5.74) is 1.30. The molecule has 0 aliphatic rings. The zero-order chi connectivity index (χ0) is 19.9. The number of fused-ring (bicyclic) bond motifs is 3. The Balaban J connectivity index is 1.79. The number of sulfone groups is 1. The highest BCUT2D eigenvalue weighted by molar-refractivity contribution is 7.90. The molecular weight excluding hydrogens is 378 g/mol. The molecule has 0 bridgehead atoms. The van der Waals surface area contributed by atoms with E-state index < -0.39 is 9.84 Å². The van der Waals surface area contributed by atoms with Gasteiger partial charge in [0.2, 0.25) is 5.78 Å². The molecule has 144 valence electrons. The van der Waals surface area contributed by atoms with Crippen molar-refractivity contribution in [1.82, 2.24) is 19.2 Å². The third-order valence-electron chi connectivity index (χ3n) is 4.60. The van der Waals surface area contributed by atoms with Crippen molar-refractivity contribution in [1.29, 1.82) is 0 Å². The van der Waals surface area contributed by atoms with E-state index in [-0.39, 0.29) is 10.5 Å². The van der Waals surface area contributed by atoms with Gasteiger partial charge >= 0.3 is 0 Å². The maximum atomic E-state index is 12.7. The zero-order valence-corrected chi connectivity index (χ0v) is 16.3. The van der Waals surface area contributed by atoms with Crippen LogP contribution in [0.15, 0.2) is 58.2 Å². The number of rotatable bonds is 5. The molecule has 0 unspecified atom stereocenters. The van der Waals surface area contributed by atoms with Crippen LogP contribution >= 0.6 is 0 Å². The van der Waals surface area contributed by atoms with Gasteiger partial charge in [-0.1, -0.05) is 18.2 Å². The topological polar surface area (TPSA) is 98.4 Å². The Bertz CT molecular complexity index is 1360. The number of hydrogen-bond donors (Lipinski definition) is 1. The van der Waals surface area contributed by atoms with E-state index in [1.54, 1.807) is 34.9 Å². The lowest BCUT2D eigenvalue weighted by atomic mass is 10.2. The van der Waals surface area contributed by atoms with Gasteiger partial charge in [-0.25, -0.2) is 8.42 Å². The largest absolute Gasteiger partial charge is 0.378 e. The second-order valence-corrected chi connectivity index (χ2v) is 8.49. The molecule has 0 radical (unpaired) electrons. The molecule has 0 atom stereocenters. The first-order valence-electron chi connectivity index (χ1n) is 8.79. The monoisotopic (exact) mass is 397 g/mol. The molecule has 8 nitrogen and oxygen atoms in total. The molecule has 0 spiro atoms. The number of benzene rings is 2. The van der Waals surface area contributed by atoms with Gasteiger partial charge in [0, 0.05) is 18.5 Å². The van der Waals surface area contributed by atoms with Crippen molar-refractivity contribution in [3.05, 3.63) is 64.7 Å². The number of anilines is 1. The van der Waals surface area contributed by atoms with Crippen LogP contribution in [0.4, 0.5) is 5.69 Å². The van der Waals surface area contributed by atoms with Gasteiger partial charge in [-0.2, -0.15) is 0 Å². The fraction of sp³-hybridized carbons (Fsp3) is 0.211. The van der Waals surface area contributed by atoms with Crippen LogP contribution in [-0.4, -0.2) is 33.8 Å². The minimum Gasteiger partial charge on any atom is -0.378 e. The number of nitrogens with zero attached hydrogens (tertiary/aromatic N) is 4. The number of aryl methyl sites for hydroxylation is 1. The van der Waals surface area contributed by atoms with Crippen molar-refractivity contribution < 1.29 is 8.42 Å². The minimum absolute atomic E-state index is 0.0987. The molecule has 2 heterocycles. The fourth-order valence-electron chi connectivity index (χ4n) is 3.23. The van der Waals surface area contributed by atoms with Gasteiger partial charge < -0.3 is 5.32 Å². The van der Waals surface area contributed by atoms with E-state index in [9.17, 15) is 13.2 Å². The summed E-state index contributed by atoms with van der Waals surface area (Å²) in [4.78, 5) is 12.9. The predicted molar refractivity (Wildman–Crippen MR) is 107 cm³/mol. The highest BCUT2D eigenvalue weighted by Crippen LogP contribution is 2.18.